The number of benzene rings is 1. The number of carbonyl (C=O) groups is 2. The molecule has 4 rings (SSSR count). The second kappa shape index (κ2) is 8.07. The van der Waals surface area contributed by atoms with E-state index >= 15 is 0 Å². The molecule has 0 aliphatic carbocycles. The van der Waals surface area contributed by atoms with E-state index in [4.69, 9.17) is 0 Å². The number of hydrogen-bond donors (Lipinski definition) is 2. The number of carbonyl (C=O) groups excluding carboxylic acids is 2. The van der Waals surface area contributed by atoms with Gasteiger partial charge in [-0.2, -0.15) is 4.37 Å². The Bertz CT molecular complexity index is 967. The molecule has 9 nitrogen and oxygen atoms in total. The van der Waals surface area contributed by atoms with Crippen molar-refractivity contribution in [2.24, 2.45) is 0 Å². The summed E-state index contributed by atoms with van der Waals surface area (Å²) in [6.45, 7) is 4.19. The van der Waals surface area contributed by atoms with Crippen molar-refractivity contribution in [2.75, 3.05) is 36.4 Å². The van der Waals surface area contributed by atoms with Gasteiger partial charge in [0.15, 0.2) is 0 Å². The summed E-state index contributed by atoms with van der Waals surface area (Å²) in [5.41, 5.74) is 1.53. The lowest BCUT2D eigenvalue weighted by molar-refractivity contribution is -0.117. The Balaban J connectivity index is 1.30. The van der Waals surface area contributed by atoms with Gasteiger partial charge in [-0.3, -0.25) is 10.1 Å². The van der Waals surface area contributed by atoms with Gasteiger partial charge in [0.25, 0.3) is 0 Å². The van der Waals surface area contributed by atoms with E-state index in [0.29, 0.717) is 31.3 Å². The van der Waals surface area contributed by atoms with Crippen molar-refractivity contribution in [2.45, 2.75) is 13.0 Å². The molecule has 146 valence electrons. The highest BCUT2D eigenvalue weighted by Crippen LogP contribution is 2.29. The lowest BCUT2D eigenvalue weighted by atomic mass is 10.2. The van der Waals surface area contributed by atoms with Crippen LogP contribution in [0.15, 0.2) is 29.8 Å². The summed E-state index contributed by atoms with van der Waals surface area (Å²) in [7, 11) is 0. The number of amides is 3. The monoisotopic (exact) mass is 417 g/mol. The van der Waals surface area contributed by atoms with Gasteiger partial charge in [-0.1, -0.05) is 23.5 Å². The quantitative estimate of drug-likeness (QED) is 0.673. The maximum atomic E-state index is 12.5. The van der Waals surface area contributed by atoms with Crippen molar-refractivity contribution in [3.8, 4) is 0 Å². The molecule has 0 spiro atoms. The molecule has 1 aliphatic heterocycles. The van der Waals surface area contributed by atoms with Gasteiger partial charge in [0, 0.05) is 31.6 Å². The molecule has 3 heterocycles. The van der Waals surface area contributed by atoms with Crippen molar-refractivity contribution in [3.63, 3.8) is 0 Å². The van der Waals surface area contributed by atoms with Crippen LogP contribution in [0.25, 0.3) is 10.1 Å². The van der Waals surface area contributed by atoms with E-state index in [1.807, 2.05) is 12.1 Å². The fourth-order valence-corrected chi connectivity index (χ4v) is 4.25. The van der Waals surface area contributed by atoms with Crippen LogP contribution < -0.4 is 15.5 Å². The van der Waals surface area contributed by atoms with Gasteiger partial charge >= 0.3 is 6.03 Å². The van der Waals surface area contributed by atoms with E-state index < -0.39 is 6.04 Å². The maximum absolute atomic E-state index is 12.5. The van der Waals surface area contributed by atoms with E-state index in [9.17, 15) is 9.59 Å². The molecule has 2 N–H and O–H groups in total. The summed E-state index contributed by atoms with van der Waals surface area (Å²) >= 11 is 2.72. The van der Waals surface area contributed by atoms with Crippen LogP contribution in [-0.2, 0) is 4.79 Å². The van der Waals surface area contributed by atoms with Gasteiger partial charge in [0.2, 0.25) is 11.0 Å². The molecule has 0 bridgehead atoms. The highest BCUT2D eigenvalue weighted by Gasteiger charge is 2.26. The van der Waals surface area contributed by atoms with E-state index in [0.717, 1.165) is 15.9 Å². The lowest BCUT2D eigenvalue weighted by Gasteiger charge is -2.35. The minimum atomic E-state index is -0.670. The molecule has 3 aromatic rings. The molecule has 0 radical (unpaired) electrons. The van der Waals surface area contributed by atoms with Crippen LogP contribution in [0.2, 0.25) is 0 Å². The summed E-state index contributed by atoms with van der Waals surface area (Å²) in [6.07, 6.45) is 0. The first kappa shape index (κ1) is 18.6. The molecule has 1 saturated heterocycles. The molecule has 1 fully saturated rings. The highest BCUT2D eigenvalue weighted by atomic mass is 32.1. The average molecular weight is 418 g/mol. The Hall–Kier alpha value is -2.79. The third-order valence-electron chi connectivity index (χ3n) is 4.55. The molecule has 1 aliphatic rings. The van der Waals surface area contributed by atoms with Crippen molar-refractivity contribution in [1.29, 1.82) is 0 Å². The first-order valence-electron chi connectivity index (χ1n) is 8.83. The fraction of sp³-hybridized carbons (Fsp3) is 0.353. The third-order valence-corrected chi connectivity index (χ3v) is 5.97. The minimum absolute atomic E-state index is 0.248. The van der Waals surface area contributed by atoms with Crippen LogP contribution in [0.3, 0.4) is 0 Å². The minimum Gasteiger partial charge on any atom is -0.352 e. The zero-order valence-corrected chi connectivity index (χ0v) is 16.8. The summed E-state index contributed by atoms with van der Waals surface area (Å²) in [5.74, 6) is 0.656. The van der Waals surface area contributed by atoms with Crippen molar-refractivity contribution in [1.82, 2.24) is 24.8 Å². The predicted octanol–water partition coefficient (Wildman–Crippen LogP) is 2.01. The third kappa shape index (κ3) is 3.90. The number of fused-ring (bicyclic) bond motifs is 1. The van der Waals surface area contributed by atoms with Gasteiger partial charge in [-0.25, -0.2) is 4.79 Å². The Morgan fingerprint density at radius 3 is 2.71 bits per heavy atom. The molecule has 0 unspecified atom stereocenters. The lowest BCUT2D eigenvalue weighted by Crippen LogP contribution is -2.54. The summed E-state index contributed by atoms with van der Waals surface area (Å²) < 4.78 is 5.74. The van der Waals surface area contributed by atoms with Crippen LogP contribution in [-0.4, -0.2) is 63.6 Å². The number of piperazine rings is 1. The summed E-state index contributed by atoms with van der Waals surface area (Å²) in [5, 5.41) is 14.4. The smallest absolute Gasteiger partial charge is 0.318 e. The molecular formula is C17H19N7O2S2. The Labute approximate surface area is 169 Å². The van der Waals surface area contributed by atoms with Crippen LogP contribution in [0.4, 0.5) is 15.7 Å². The Kier molecular flexibility index (Phi) is 5.35. The first-order chi connectivity index (χ1) is 13.6. The van der Waals surface area contributed by atoms with Crippen molar-refractivity contribution >= 4 is 55.8 Å². The van der Waals surface area contributed by atoms with Crippen LogP contribution >= 0.6 is 22.9 Å². The van der Waals surface area contributed by atoms with Crippen LogP contribution in [0.5, 0.6) is 0 Å². The van der Waals surface area contributed by atoms with Gasteiger partial charge in [-0.05, 0) is 30.6 Å². The summed E-state index contributed by atoms with van der Waals surface area (Å²) in [6, 6.07) is 7.24. The van der Waals surface area contributed by atoms with Crippen LogP contribution in [0, 0.1) is 0 Å². The number of anilines is 2. The Morgan fingerprint density at radius 2 is 1.96 bits per heavy atom. The fourth-order valence-electron chi connectivity index (χ4n) is 3.01. The first-order valence-corrected chi connectivity index (χ1v) is 10.5. The number of urea groups is 1. The highest BCUT2D eigenvalue weighted by molar-refractivity contribution is 7.14. The SMILES string of the molecule is C[C@H](NC(=O)N1CCN(c2nsc3ccccc23)CC1)C(=O)Nc1nncs1. The van der Waals surface area contributed by atoms with Crippen LogP contribution in [0.1, 0.15) is 6.92 Å². The molecular weight excluding hydrogens is 398 g/mol. The van der Waals surface area contributed by atoms with E-state index in [1.54, 1.807) is 11.8 Å². The van der Waals surface area contributed by atoms with Crippen molar-refractivity contribution < 1.29 is 9.59 Å². The van der Waals surface area contributed by atoms with Gasteiger partial charge in [0.1, 0.15) is 17.4 Å². The molecule has 3 amide bonds. The Morgan fingerprint density at radius 1 is 1.18 bits per heavy atom. The van der Waals surface area contributed by atoms with E-state index in [-0.39, 0.29) is 11.9 Å². The molecule has 28 heavy (non-hydrogen) atoms. The number of aromatic nitrogens is 3. The topological polar surface area (TPSA) is 103 Å². The molecule has 1 atom stereocenters. The molecule has 0 saturated carbocycles. The zero-order chi connectivity index (χ0) is 19.5. The van der Waals surface area contributed by atoms with E-state index in [1.165, 1.54) is 28.4 Å². The average Bonchev–Trinajstić information content (AvgIpc) is 3.37. The molecule has 1 aromatic carbocycles. The van der Waals surface area contributed by atoms with Crippen molar-refractivity contribution in [3.05, 3.63) is 29.8 Å². The maximum Gasteiger partial charge on any atom is 0.318 e. The zero-order valence-electron chi connectivity index (χ0n) is 15.2. The van der Waals surface area contributed by atoms with Gasteiger partial charge in [-0.15, -0.1) is 10.2 Å². The second-order valence-electron chi connectivity index (χ2n) is 6.38. The number of hydrogen-bond acceptors (Lipinski definition) is 8. The molecule has 2 aromatic heterocycles. The largest absolute Gasteiger partial charge is 0.352 e. The number of nitrogens with one attached hydrogen (secondary N) is 2. The second-order valence-corrected chi connectivity index (χ2v) is 8.02. The normalized spacial score (nSPS) is 15.5. The predicted molar refractivity (Wildman–Crippen MR) is 110 cm³/mol. The standard InChI is InChI=1S/C17H19N7O2S2/c1-11(15(25)20-16-21-18-10-27-16)19-17(26)24-8-6-23(7-9-24)14-12-4-2-3-5-13(12)28-22-14/h2-5,10-11H,6-9H2,1H3,(H,19,26)(H,20,21,25)/t11-/m0/s1. The number of rotatable bonds is 4. The van der Waals surface area contributed by atoms with E-state index in [2.05, 4.69) is 42.2 Å². The van der Waals surface area contributed by atoms with Gasteiger partial charge < -0.3 is 15.1 Å². The van der Waals surface area contributed by atoms with Gasteiger partial charge in [0.05, 0.1) is 4.70 Å². The molecule has 11 heteroatoms. The number of nitrogens with zero attached hydrogens (tertiary/aromatic N) is 5. The summed E-state index contributed by atoms with van der Waals surface area (Å²) in [4.78, 5) is 28.6.